The van der Waals surface area contributed by atoms with Crippen LogP contribution in [-0.2, 0) is 17.8 Å². The third-order valence-electron chi connectivity index (χ3n) is 6.89. The van der Waals surface area contributed by atoms with Crippen LogP contribution in [0, 0.1) is 0 Å². The Kier molecular flexibility index (Phi) is 4.90. The Morgan fingerprint density at radius 2 is 1.74 bits per heavy atom. The van der Waals surface area contributed by atoms with Crippen molar-refractivity contribution in [3.05, 3.63) is 89.9 Å². The van der Waals surface area contributed by atoms with Gasteiger partial charge in [-0.3, -0.25) is 14.6 Å². The Bertz CT molecular complexity index is 1360. The summed E-state index contributed by atoms with van der Waals surface area (Å²) in [6.07, 6.45) is 4.40. The molecular weight excluding hydrogens is 428 g/mol. The highest BCUT2D eigenvalue weighted by molar-refractivity contribution is 6.05. The normalized spacial score (nSPS) is 19.6. The lowest BCUT2D eigenvalue weighted by molar-refractivity contribution is -0.128. The number of aromatic nitrogens is 2. The van der Waals surface area contributed by atoms with Gasteiger partial charge in [-0.15, -0.1) is 0 Å². The molecule has 172 valence electrons. The zero-order chi connectivity index (χ0) is 23.2. The molecule has 6 rings (SSSR count). The summed E-state index contributed by atoms with van der Waals surface area (Å²) in [6.45, 7) is 3.47. The summed E-state index contributed by atoms with van der Waals surface area (Å²) >= 11 is 0. The SMILES string of the molecule is CCOc1ccc([C@H]2c3[nH]c4ccccc4c3C[C@@H]3C(=O)N(CCn4cccc4)C(=O)N23)cc1. The van der Waals surface area contributed by atoms with Crippen LogP contribution in [0.1, 0.15) is 29.8 Å². The minimum Gasteiger partial charge on any atom is -0.494 e. The molecular formula is C27H26N4O3. The summed E-state index contributed by atoms with van der Waals surface area (Å²) in [5.74, 6) is 0.664. The van der Waals surface area contributed by atoms with Crippen molar-refractivity contribution in [3.63, 3.8) is 0 Å². The van der Waals surface area contributed by atoms with Gasteiger partial charge in [0.25, 0.3) is 5.91 Å². The maximum Gasteiger partial charge on any atom is 0.328 e. The number of rotatable bonds is 6. The maximum atomic E-state index is 13.7. The summed E-state index contributed by atoms with van der Waals surface area (Å²) in [5, 5.41) is 1.11. The minimum atomic E-state index is -0.513. The second-order valence-electron chi connectivity index (χ2n) is 8.79. The molecule has 2 aliphatic rings. The zero-order valence-corrected chi connectivity index (χ0v) is 19.0. The molecule has 0 unspecified atom stereocenters. The van der Waals surface area contributed by atoms with E-state index in [0.29, 0.717) is 26.1 Å². The van der Waals surface area contributed by atoms with Crippen molar-refractivity contribution >= 4 is 22.8 Å². The molecule has 0 aliphatic carbocycles. The second kappa shape index (κ2) is 8.09. The number of nitrogens with zero attached hydrogens (tertiary/aromatic N) is 3. The van der Waals surface area contributed by atoms with Gasteiger partial charge >= 0.3 is 6.03 Å². The molecule has 1 fully saturated rings. The third-order valence-corrected chi connectivity index (χ3v) is 6.89. The van der Waals surface area contributed by atoms with Gasteiger partial charge in [0.2, 0.25) is 0 Å². The van der Waals surface area contributed by atoms with E-state index in [-0.39, 0.29) is 18.0 Å². The molecule has 3 amide bonds. The molecule has 0 radical (unpaired) electrons. The molecule has 7 heteroatoms. The average molecular weight is 455 g/mol. The van der Waals surface area contributed by atoms with Crippen LogP contribution in [0.15, 0.2) is 73.1 Å². The number of hydrogen-bond donors (Lipinski definition) is 1. The molecule has 0 spiro atoms. The fourth-order valence-electron chi connectivity index (χ4n) is 5.33. The van der Waals surface area contributed by atoms with Crippen LogP contribution in [0.2, 0.25) is 0 Å². The first-order chi connectivity index (χ1) is 16.7. The van der Waals surface area contributed by atoms with Gasteiger partial charge in [0.15, 0.2) is 0 Å². The number of fused-ring (bicyclic) bond motifs is 4. The van der Waals surface area contributed by atoms with Gasteiger partial charge in [-0.1, -0.05) is 30.3 Å². The van der Waals surface area contributed by atoms with Crippen molar-refractivity contribution < 1.29 is 14.3 Å². The van der Waals surface area contributed by atoms with E-state index in [1.807, 2.05) is 78.5 Å². The van der Waals surface area contributed by atoms with E-state index in [1.54, 1.807) is 4.90 Å². The third kappa shape index (κ3) is 3.19. The molecule has 0 saturated carbocycles. The highest BCUT2D eigenvalue weighted by Gasteiger charge is 2.52. The highest BCUT2D eigenvalue weighted by Crippen LogP contribution is 2.44. The van der Waals surface area contributed by atoms with Crippen LogP contribution in [0.3, 0.4) is 0 Å². The van der Waals surface area contributed by atoms with E-state index in [9.17, 15) is 9.59 Å². The predicted molar refractivity (Wildman–Crippen MR) is 129 cm³/mol. The topological polar surface area (TPSA) is 70.6 Å². The molecule has 1 saturated heterocycles. The number of ether oxygens (including phenoxy) is 1. The molecule has 0 bridgehead atoms. The molecule has 1 N–H and O–H groups in total. The van der Waals surface area contributed by atoms with Gasteiger partial charge in [-0.25, -0.2) is 4.79 Å². The fourth-order valence-corrected chi connectivity index (χ4v) is 5.33. The smallest absolute Gasteiger partial charge is 0.328 e. The Labute approximate surface area is 197 Å². The molecule has 2 aromatic heterocycles. The van der Waals surface area contributed by atoms with E-state index in [0.717, 1.165) is 33.5 Å². The van der Waals surface area contributed by atoms with Crippen LogP contribution in [0.4, 0.5) is 4.79 Å². The van der Waals surface area contributed by atoms with Crippen LogP contribution in [-0.4, -0.2) is 50.5 Å². The number of benzene rings is 2. The van der Waals surface area contributed by atoms with E-state index in [1.165, 1.54) is 4.90 Å². The van der Waals surface area contributed by atoms with Crippen molar-refractivity contribution in [3.8, 4) is 5.75 Å². The number of hydrogen-bond acceptors (Lipinski definition) is 3. The number of nitrogens with one attached hydrogen (secondary N) is 1. The Hall–Kier alpha value is -4.00. The van der Waals surface area contributed by atoms with Crippen molar-refractivity contribution in [2.75, 3.05) is 13.2 Å². The fraction of sp³-hybridized carbons (Fsp3) is 0.259. The summed E-state index contributed by atoms with van der Waals surface area (Å²) in [4.78, 5) is 33.9. The number of carbonyl (C=O) groups excluding carboxylic acids is 2. The summed E-state index contributed by atoms with van der Waals surface area (Å²) in [6, 6.07) is 18.7. The van der Waals surface area contributed by atoms with E-state index in [4.69, 9.17) is 4.74 Å². The van der Waals surface area contributed by atoms with Crippen LogP contribution in [0.25, 0.3) is 10.9 Å². The lowest BCUT2D eigenvalue weighted by Gasteiger charge is -2.36. The van der Waals surface area contributed by atoms with E-state index < -0.39 is 6.04 Å². The number of carbonyl (C=O) groups is 2. The number of para-hydroxylation sites is 1. The lowest BCUT2D eigenvalue weighted by Crippen LogP contribution is -2.44. The summed E-state index contributed by atoms with van der Waals surface area (Å²) < 4.78 is 7.61. The Balaban J connectivity index is 1.42. The molecule has 2 aliphatic heterocycles. The van der Waals surface area contributed by atoms with Crippen molar-refractivity contribution in [2.24, 2.45) is 0 Å². The Morgan fingerprint density at radius 3 is 2.50 bits per heavy atom. The van der Waals surface area contributed by atoms with Gasteiger partial charge in [0.1, 0.15) is 17.8 Å². The molecule has 4 heterocycles. The number of imide groups is 1. The van der Waals surface area contributed by atoms with Gasteiger partial charge < -0.3 is 14.3 Å². The number of urea groups is 1. The maximum absolute atomic E-state index is 13.7. The summed E-state index contributed by atoms with van der Waals surface area (Å²) in [7, 11) is 0. The first kappa shape index (κ1) is 20.6. The quantitative estimate of drug-likeness (QED) is 0.441. The monoisotopic (exact) mass is 454 g/mol. The largest absolute Gasteiger partial charge is 0.494 e. The van der Waals surface area contributed by atoms with Gasteiger partial charge in [-0.2, -0.15) is 0 Å². The number of amides is 3. The first-order valence-corrected chi connectivity index (χ1v) is 11.7. The summed E-state index contributed by atoms with van der Waals surface area (Å²) in [5.41, 5.74) is 4.07. The van der Waals surface area contributed by atoms with Crippen LogP contribution >= 0.6 is 0 Å². The predicted octanol–water partition coefficient (Wildman–Crippen LogP) is 4.35. The zero-order valence-electron chi connectivity index (χ0n) is 19.0. The Morgan fingerprint density at radius 1 is 0.971 bits per heavy atom. The number of aromatic amines is 1. The first-order valence-electron chi connectivity index (χ1n) is 11.7. The van der Waals surface area contributed by atoms with Gasteiger partial charge in [-0.05, 0) is 48.4 Å². The molecule has 2 atom stereocenters. The van der Waals surface area contributed by atoms with E-state index >= 15 is 0 Å². The van der Waals surface area contributed by atoms with Gasteiger partial charge in [0.05, 0.1) is 6.61 Å². The van der Waals surface area contributed by atoms with Crippen molar-refractivity contribution in [1.82, 2.24) is 19.4 Å². The molecule has 7 nitrogen and oxygen atoms in total. The lowest BCUT2D eigenvalue weighted by atomic mass is 9.89. The van der Waals surface area contributed by atoms with Crippen LogP contribution < -0.4 is 4.74 Å². The molecule has 34 heavy (non-hydrogen) atoms. The van der Waals surface area contributed by atoms with Crippen molar-refractivity contribution in [2.45, 2.75) is 32.0 Å². The van der Waals surface area contributed by atoms with Crippen molar-refractivity contribution in [1.29, 1.82) is 0 Å². The standard InChI is InChI=1S/C27H26N4O3/c1-2-34-19-11-9-18(10-12-19)25-24-21(20-7-3-4-8-22(20)28-24)17-23-26(32)30(27(33)31(23)25)16-15-29-13-5-6-14-29/h3-14,23,25,28H,2,15-17H2,1H3/t23-,25+/m1/s1. The number of H-pyrrole nitrogens is 1. The molecule has 2 aromatic carbocycles. The molecule has 4 aromatic rings. The van der Waals surface area contributed by atoms with Gasteiger partial charge in [0, 0.05) is 48.5 Å². The van der Waals surface area contributed by atoms with E-state index in [2.05, 4.69) is 11.1 Å². The average Bonchev–Trinajstić information content (AvgIpc) is 3.56. The van der Waals surface area contributed by atoms with Crippen LogP contribution in [0.5, 0.6) is 5.75 Å². The highest BCUT2D eigenvalue weighted by atomic mass is 16.5. The second-order valence-corrected chi connectivity index (χ2v) is 8.79. The minimum absolute atomic E-state index is 0.121.